The van der Waals surface area contributed by atoms with Crippen LogP contribution in [0.5, 0.6) is 0 Å². The second-order valence-corrected chi connectivity index (χ2v) is 3.96. The molecule has 17 heavy (non-hydrogen) atoms. The van der Waals surface area contributed by atoms with Crippen LogP contribution in [-0.4, -0.2) is 38.0 Å². The lowest BCUT2D eigenvalue weighted by Crippen LogP contribution is -2.36. The Morgan fingerprint density at radius 3 is 2.65 bits per heavy atom. The van der Waals surface area contributed by atoms with Crippen molar-refractivity contribution in [2.75, 3.05) is 32.1 Å². The fourth-order valence-electron chi connectivity index (χ4n) is 1.46. The zero-order valence-corrected chi connectivity index (χ0v) is 10.5. The zero-order chi connectivity index (χ0) is 12.8. The first-order valence-electron chi connectivity index (χ1n) is 5.53. The van der Waals surface area contributed by atoms with Crippen molar-refractivity contribution in [1.82, 2.24) is 4.90 Å². The van der Waals surface area contributed by atoms with E-state index in [2.05, 4.69) is 6.07 Å². The highest BCUT2D eigenvalue weighted by molar-refractivity contribution is 5.81. The molecule has 1 rings (SSSR count). The number of carbonyl (C=O) groups is 1. The molecule has 0 bridgehead atoms. The summed E-state index contributed by atoms with van der Waals surface area (Å²) in [6, 6.07) is 9.39. The molecule has 1 amide bonds. The van der Waals surface area contributed by atoms with Crippen molar-refractivity contribution in [1.29, 1.82) is 5.26 Å². The lowest BCUT2D eigenvalue weighted by molar-refractivity contribution is -0.127. The van der Waals surface area contributed by atoms with E-state index in [0.29, 0.717) is 12.1 Å². The van der Waals surface area contributed by atoms with Crippen LogP contribution in [0.1, 0.15) is 12.5 Å². The first-order chi connectivity index (χ1) is 8.08. The lowest BCUT2D eigenvalue weighted by atomic mass is 10.2. The molecule has 0 saturated carbocycles. The molecule has 0 radical (unpaired) electrons. The molecule has 1 aromatic carbocycles. The molecule has 90 valence electrons. The SMILES string of the molecule is CCN(CC(=O)N(C)C)c1cccc(C#N)c1. The zero-order valence-electron chi connectivity index (χ0n) is 10.5. The molecule has 0 aliphatic rings. The summed E-state index contributed by atoms with van der Waals surface area (Å²) in [5.74, 6) is 0.0502. The summed E-state index contributed by atoms with van der Waals surface area (Å²) in [5, 5.41) is 8.84. The van der Waals surface area contributed by atoms with Gasteiger partial charge in [-0.2, -0.15) is 5.26 Å². The highest BCUT2D eigenvalue weighted by Gasteiger charge is 2.11. The number of nitriles is 1. The standard InChI is InChI=1S/C13H17N3O/c1-4-16(10-13(17)15(2)3)12-7-5-6-11(8-12)9-14/h5-8H,4,10H2,1-3H3. The van der Waals surface area contributed by atoms with Gasteiger partial charge in [0.2, 0.25) is 5.91 Å². The highest BCUT2D eigenvalue weighted by atomic mass is 16.2. The Hall–Kier alpha value is -2.02. The molecule has 0 fully saturated rings. The Morgan fingerprint density at radius 1 is 1.41 bits per heavy atom. The fourth-order valence-corrected chi connectivity index (χ4v) is 1.46. The van der Waals surface area contributed by atoms with Crippen molar-refractivity contribution in [2.24, 2.45) is 0 Å². The largest absolute Gasteiger partial charge is 0.362 e. The molecular weight excluding hydrogens is 214 g/mol. The molecule has 1 aromatic rings. The molecule has 0 aliphatic heterocycles. The minimum absolute atomic E-state index is 0.0502. The van der Waals surface area contributed by atoms with Crippen molar-refractivity contribution in [3.8, 4) is 6.07 Å². The van der Waals surface area contributed by atoms with Crippen LogP contribution >= 0.6 is 0 Å². The predicted molar refractivity (Wildman–Crippen MR) is 67.7 cm³/mol. The van der Waals surface area contributed by atoms with Gasteiger partial charge in [0.05, 0.1) is 18.2 Å². The number of hydrogen-bond donors (Lipinski definition) is 0. The van der Waals surface area contributed by atoms with Crippen LogP contribution in [0.3, 0.4) is 0 Å². The van der Waals surface area contributed by atoms with Gasteiger partial charge in [-0.1, -0.05) is 6.07 Å². The Kier molecular flexibility index (Phi) is 4.53. The van der Waals surface area contributed by atoms with Crippen molar-refractivity contribution >= 4 is 11.6 Å². The number of benzene rings is 1. The summed E-state index contributed by atoms with van der Waals surface area (Å²) < 4.78 is 0. The summed E-state index contributed by atoms with van der Waals surface area (Å²) in [6.45, 7) is 3.05. The Labute approximate surface area is 102 Å². The topological polar surface area (TPSA) is 47.3 Å². The molecule has 0 aliphatic carbocycles. The average Bonchev–Trinajstić information content (AvgIpc) is 2.35. The van der Waals surface area contributed by atoms with Gasteiger partial charge in [0.15, 0.2) is 0 Å². The number of rotatable bonds is 4. The van der Waals surface area contributed by atoms with Gasteiger partial charge >= 0.3 is 0 Å². The van der Waals surface area contributed by atoms with E-state index >= 15 is 0 Å². The predicted octanol–water partition coefficient (Wildman–Crippen LogP) is 1.47. The van der Waals surface area contributed by atoms with Crippen LogP contribution in [0.2, 0.25) is 0 Å². The van der Waals surface area contributed by atoms with Crippen LogP contribution < -0.4 is 4.90 Å². The molecule has 4 heteroatoms. The average molecular weight is 231 g/mol. The van der Waals surface area contributed by atoms with E-state index in [0.717, 1.165) is 12.2 Å². The van der Waals surface area contributed by atoms with Crippen molar-refractivity contribution in [3.05, 3.63) is 29.8 Å². The van der Waals surface area contributed by atoms with E-state index < -0.39 is 0 Å². The van der Waals surface area contributed by atoms with Crippen LogP contribution in [0.15, 0.2) is 24.3 Å². The summed E-state index contributed by atoms with van der Waals surface area (Å²) in [7, 11) is 3.48. The Balaban J connectivity index is 2.87. The summed E-state index contributed by atoms with van der Waals surface area (Å²) in [4.78, 5) is 15.2. The van der Waals surface area contributed by atoms with Crippen molar-refractivity contribution in [3.63, 3.8) is 0 Å². The smallest absolute Gasteiger partial charge is 0.241 e. The number of carbonyl (C=O) groups excluding carboxylic acids is 1. The van der Waals surface area contributed by atoms with Gasteiger partial charge in [-0.15, -0.1) is 0 Å². The van der Waals surface area contributed by atoms with Gasteiger partial charge in [0.25, 0.3) is 0 Å². The molecule has 0 aromatic heterocycles. The quantitative estimate of drug-likeness (QED) is 0.788. The van der Waals surface area contributed by atoms with Crippen LogP contribution in [0, 0.1) is 11.3 Å². The minimum atomic E-state index is 0.0502. The number of amides is 1. The number of nitrogens with zero attached hydrogens (tertiary/aromatic N) is 3. The van der Waals surface area contributed by atoms with Gasteiger partial charge in [-0.05, 0) is 25.1 Å². The first-order valence-corrected chi connectivity index (χ1v) is 5.53. The van der Waals surface area contributed by atoms with Crippen LogP contribution in [0.25, 0.3) is 0 Å². The van der Waals surface area contributed by atoms with E-state index in [1.807, 2.05) is 24.0 Å². The third-order valence-electron chi connectivity index (χ3n) is 2.55. The first kappa shape index (κ1) is 13.0. The molecule has 0 heterocycles. The summed E-state index contributed by atoms with van der Waals surface area (Å²) in [6.07, 6.45) is 0. The van der Waals surface area contributed by atoms with Gasteiger partial charge in [0, 0.05) is 26.3 Å². The van der Waals surface area contributed by atoms with Gasteiger partial charge in [-0.3, -0.25) is 4.79 Å². The monoisotopic (exact) mass is 231 g/mol. The molecular formula is C13H17N3O. The van der Waals surface area contributed by atoms with E-state index in [1.165, 1.54) is 0 Å². The van der Waals surface area contributed by atoms with Gasteiger partial charge in [0.1, 0.15) is 0 Å². The number of likely N-dealkylation sites (N-methyl/N-ethyl adjacent to an activating group) is 2. The second kappa shape index (κ2) is 5.90. The molecule has 0 saturated heterocycles. The van der Waals surface area contributed by atoms with E-state index in [4.69, 9.17) is 5.26 Å². The Morgan fingerprint density at radius 2 is 2.12 bits per heavy atom. The molecule has 0 spiro atoms. The maximum atomic E-state index is 11.7. The maximum absolute atomic E-state index is 11.7. The summed E-state index contributed by atoms with van der Waals surface area (Å²) >= 11 is 0. The highest BCUT2D eigenvalue weighted by Crippen LogP contribution is 2.15. The molecule has 0 N–H and O–H groups in total. The van der Waals surface area contributed by atoms with Crippen molar-refractivity contribution in [2.45, 2.75) is 6.92 Å². The Bertz CT molecular complexity index is 435. The van der Waals surface area contributed by atoms with E-state index in [9.17, 15) is 4.79 Å². The fraction of sp³-hybridized carbons (Fsp3) is 0.385. The summed E-state index contributed by atoms with van der Waals surface area (Å²) in [5.41, 5.74) is 1.51. The van der Waals surface area contributed by atoms with Crippen LogP contribution in [-0.2, 0) is 4.79 Å². The van der Waals surface area contributed by atoms with Gasteiger partial charge in [-0.25, -0.2) is 0 Å². The van der Waals surface area contributed by atoms with Gasteiger partial charge < -0.3 is 9.80 Å². The third-order valence-corrected chi connectivity index (χ3v) is 2.55. The van der Waals surface area contributed by atoms with E-state index in [-0.39, 0.29) is 5.91 Å². The number of anilines is 1. The third kappa shape index (κ3) is 3.49. The molecule has 4 nitrogen and oxygen atoms in total. The molecule has 0 unspecified atom stereocenters. The maximum Gasteiger partial charge on any atom is 0.241 e. The minimum Gasteiger partial charge on any atom is -0.362 e. The second-order valence-electron chi connectivity index (χ2n) is 3.96. The number of hydrogen-bond acceptors (Lipinski definition) is 3. The van der Waals surface area contributed by atoms with Crippen molar-refractivity contribution < 1.29 is 4.79 Å². The molecule has 0 atom stereocenters. The van der Waals surface area contributed by atoms with Crippen LogP contribution in [0.4, 0.5) is 5.69 Å². The normalized spacial score (nSPS) is 9.53. The lowest BCUT2D eigenvalue weighted by Gasteiger charge is -2.24. The van der Waals surface area contributed by atoms with E-state index in [1.54, 1.807) is 31.1 Å².